The van der Waals surface area contributed by atoms with E-state index in [-0.39, 0.29) is 18.3 Å². The molecule has 0 rings (SSSR count). The molecule has 0 saturated carbocycles. The fourth-order valence-corrected chi connectivity index (χ4v) is 0.626. The summed E-state index contributed by atoms with van der Waals surface area (Å²) in [4.78, 5) is 10.1. The fourth-order valence-electron chi connectivity index (χ4n) is 0.626. The second-order valence-electron chi connectivity index (χ2n) is 2.07. The van der Waals surface area contributed by atoms with Gasteiger partial charge >= 0.3 is 0 Å². The number of hydrogen-bond acceptors (Lipinski definition) is 3. The molecule has 7 nitrogen and oxygen atoms in total. The first-order valence-corrected chi connectivity index (χ1v) is 3.21. The summed E-state index contributed by atoms with van der Waals surface area (Å²) >= 11 is 0. The molecule has 0 amide bonds. The Kier molecular flexibility index (Phi) is 4.20. The fraction of sp³-hybridized carbons (Fsp3) is 0.400. The summed E-state index contributed by atoms with van der Waals surface area (Å²) in [6, 6.07) is 0. The van der Waals surface area contributed by atoms with Crippen LogP contribution in [0.25, 0.3) is 0 Å². The molecule has 0 heterocycles. The SMILES string of the molecule is N=C(N)NC(CC=O)NC(=N)N. The molecule has 7 heteroatoms. The highest BCUT2D eigenvalue weighted by Crippen LogP contribution is 1.81. The van der Waals surface area contributed by atoms with Gasteiger partial charge in [0, 0.05) is 6.42 Å². The van der Waals surface area contributed by atoms with Crippen LogP contribution in [0.5, 0.6) is 0 Å². The van der Waals surface area contributed by atoms with E-state index in [0.717, 1.165) is 0 Å². The number of carbonyl (C=O) groups is 1. The van der Waals surface area contributed by atoms with Crippen molar-refractivity contribution in [2.24, 2.45) is 11.5 Å². The van der Waals surface area contributed by atoms with E-state index in [2.05, 4.69) is 10.6 Å². The molecule has 0 bridgehead atoms. The third-order valence-corrected chi connectivity index (χ3v) is 0.991. The first-order chi connectivity index (χ1) is 5.56. The van der Waals surface area contributed by atoms with Crippen LogP contribution in [0, 0.1) is 10.8 Å². The normalized spacial score (nSPS) is 11.3. The van der Waals surface area contributed by atoms with E-state index in [1.54, 1.807) is 0 Å². The molecule has 0 atom stereocenters. The van der Waals surface area contributed by atoms with Gasteiger partial charge in [0.15, 0.2) is 11.9 Å². The zero-order chi connectivity index (χ0) is 9.56. The molecule has 0 aliphatic rings. The summed E-state index contributed by atoms with van der Waals surface area (Å²) in [5.41, 5.74) is 10.0. The maximum absolute atomic E-state index is 10.1. The molecule has 0 aromatic rings. The van der Waals surface area contributed by atoms with Crippen LogP contribution >= 0.6 is 0 Å². The quantitative estimate of drug-likeness (QED) is 0.124. The van der Waals surface area contributed by atoms with E-state index in [4.69, 9.17) is 22.3 Å². The number of nitrogens with one attached hydrogen (secondary N) is 4. The zero-order valence-corrected chi connectivity index (χ0v) is 6.42. The summed E-state index contributed by atoms with van der Waals surface area (Å²) in [5, 5.41) is 18.5. The molecule has 68 valence electrons. The summed E-state index contributed by atoms with van der Waals surface area (Å²) in [6.45, 7) is 0. The van der Waals surface area contributed by atoms with E-state index >= 15 is 0 Å². The number of hydrogen-bond donors (Lipinski definition) is 6. The summed E-state index contributed by atoms with van der Waals surface area (Å²) < 4.78 is 0. The number of guanidine groups is 2. The molecule has 0 radical (unpaired) electrons. The van der Waals surface area contributed by atoms with E-state index < -0.39 is 6.17 Å². The second-order valence-corrected chi connectivity index (χ2v) is 2.07. The van der Waals surface area contributed by atoms with Crippen LogP contribution in [0.2, 0.25) is 0 Å². The molecule has 0 saturated heterocycles. The average Bonchev–Trinajstić information content (AvgIpc) is 1.84. The van der Waals surface area contributed by atoms with Crippen LogP contribution in [0.4, 0.5) is 0 Å². The molecule has 0 aromatic carbocycles. The minimum Gasteiger partial charge on any atom is -0.370 e. The molecular formula is C5H12N6O. The van der Waals surface area contributed by atoms with Gasteiger partial charge in [-0.05, 0) is 0 Å². The van der Waals surface area contributed by atoms with Gasteiger partial charge in [0.05, 0.1) is 0 Å². The van der Waals surface area contributed by atoms with Crippen molar-refractivity contribution in [1.29, 1.82) is 10.8 Å². The summed E-state index contributed by atoms with van der Waals surface area (Å²) in [7, 11) is 0. The zero-order valence-electron chi connectivity index (χ0n) is 6.42. The second kappa shape index (κ2) is 4.94. The number of aldehydes is 1. The lowest BCUT2D eigenvalue weighted by molar-refractivity contribution is -0.108. The molecule has 0 aliphatic carbocycles. The minimum absolute atomic E-state index is 0.0825. The molecule has 0 spiro atoms. The Balaban J connectivity index is 3.93. The smallest absolute Gasteiger partial charge is 0.187 e. The van der Waals surface area contributed by atoms with Gasteiger partial charge in [-0.1, -0.05) is 0 Å². The summed E-state index contributed by atoms with van der Waals surface area (Å²) in [6.07, 6.45) is 0.132. The molecule has 0 aliphatic heterocycles. The first kappa shape index (κ1) is 10.2. The molecule has 0 unspecified atom stereocenters. The van der Waals surface area contributed by atoms with Crippen molar-refractivity contribution < 1.29 is 4.79 Å². The molecular weight excluding hydrogens is 160 g/mol. The van der Waals surface area contributed by atoms with Crippen molar-refractivity contribution in [2.45, 2.75) is 12.6 Å². The molecule has 0 fully saturated rings. The van der Waals surface area contributed by atoms with Crippen LogP contribution in [-0.2, 0) is 4.79 Å². The minimum atomic E-state index is -0.586. The van der Waals surface area contributed by atoms with Crippen molar-refractivity contribution >= 4 is 18.2 Å². The third kappa shape index (κ3) is 5.03. The molecule has 0 aromatic heterocycles. The predicted molar refractivity (Wildman–Crippen MR) is 44.6 cm³/mol. The van der Waals surface area contributed by atoms with Gasteiger partial charge in [-0.3, -0.25) is 10.8 Å². The monoisotopic (exact) mass is 172 g/mol. The van der Waals surface area contributed by atoms with Crippen molar-refractivity contribution in [3.8, 4) is 0 Å². The Labute approximate surface area is 69.5 Å². The van der Waals surface area contributed by atoms with E-state index in [0.29, 0.717) is 6.29 Å². The summed E-state index contributed by atoms with van der Waals surface area (Å²) in [5.74, 6) is -0.564. The van der Waals surface area contributed by atoms with Crippen LogP contribution in [-0.4, -0.2) is 24.4 Å². The topological polar surface area (TPSA) is 141 Å². The highest BCUT2D eigenvalue weighted by atomic mass is 16.1. The Morgan fingerprint density at radius 2 is 1.75 bits per heavy atom. The van der Waals surface area contributed by atoms with Gasteiger partial charge in [-0.15, -0.1) is 0 Å². The predicted octanol–water partition coefficient (Wildman–Crippen LogP) is -2.13. The van der Waals surface area contributed by atoms with Crippen molar-refractivity contribution in [2.75, 3.05) is 0 Å². The van der Waals surface area contributed by atoms with Gasteiger partial charge in [0.25, 0.3) is 0 Å². The lowest BCUT2D eigenvalue weighted by Crippen LogP contribution is -2.52. The van der Waals surface area contributed by atoms with E-state index in [9.17, 15) is 4.79 Å². The van der Waals surface area contributed by atoms with Crippen LogP contribution in [0.3, 0.4) is 0 Å². The Bertz CT molecular complexity index is 174. The van der Waals surface area contributed by atoms with Crippen molar-refractivity contribution in [3.63, 3.8) is 0 Å². The largest absolute Gasteiger partial charge is 0.370 e. The number of carbonyl (C=O) groups excluding carboxylic acids is 1. The third-order valence-electron chi connectivity index (χ3n) is 0.991. The van der Waals surface area contributed by atoms with E-state index in [1.165, 1.54) is 0 Å². The highest BCUT2D eigenvalue weighted by molar-refractivity contribution is 5.78. The van der Waals surface area contributed by atoms with Crippen LogP contribution in [0.15, 0.2) is 0 Å². The Morgan fingerprint density at radius 3 is 2.00 bits per heavy atom. The van der Waals surface area contributed by atoms with Gasteiger partial charge in [0.2, 0.25) is 0 Å². The molecule has 8 N–H and O–H groups in total. The highest BCUT2D eigenvalue weighted by Gasteiger charge is 2.06. The number of rotatable bonds is 4. The van der Waals surface area contributed by atoms with Gasteiger partial charge in [-0.2, -0.15) is 0 Å². The Morgan fingerprint density at radius 1 is 1.33 bits per heavy atom. The lowest BCUT2D eigenvalue weighted by atomic mass is 10.3. The maximum Gasteiger partial charge on any atom is 0.187 e. The van der Waals surface area contributed by atoms with Crippen molar-refractivity contribution in [1.82, 2.24) is 10.6 Å². The lowest BCUT2D eigenvalue weighted by Gasteiger charge is -2.17. The van der Waals surface area contributed by atoms with Gasteiger partial charge in [0.1, 0.15) is 12.5 Å². The standard InChI is InChI=1S/C5H12N6O/c6-4(7)10-3(1-2-12)11-5(8)9/h2-3H,1H2,(H4,6,7,10)(H4,8,9,11). The van der Waals surface area contributed by atoms with E-state index in [1.807, 2.05) is 0 Å². The van der Waals surface area contributed by atoms with Crippen molar-refractivity contribution in [3.05, 3.63) is 0 Å². The number of nitrogens with two attached hydrogens (primary N) is 2. The van der Waals surface area contributed by atoms with Crippen LogP contribution in [0.1, 0.15) is 6.42 Å². The molecule has 12 heavy (non-hydrogen) atoms. The first-order valence-electron chi connectivity index (χ1n) is 3.21. The van der Waals surface area contributed by atoms with Crippen LogP contribution < -0.4 is 22.1 Å². The average molecular weight is 172 g/mol. The maximum atomic E-state index is 10.1. The Hall–Kier alpha value is -1.79. The van der Waals surface area contributed by atoms with Gasteiger partial charge in [-0.25, -0.2) is 0 Å². The van der Waals surface area contributed by atoms with Gasteiger partial charge < -0.3 is 26.9 Å².